The monoisotopic (exact) mass is 213 g/mol. The van der Waals surface area contributed by atoms with Gasteiger partial charge in [0.05, 0.1) is 23.1 Å². The molecule has 0 fully saturated rings. The molecule has 1 aromatic carbocycles. The van der Waals surface area contributed by atoms with E-state index in [2.05, 4.69) is 21.2 Å². The number of nitrogen functional groups attached to an aromatic ring is 1. The molecule has 0 spiro atoms. The molecule has 0 atom stereocenters. The van der Waals surface area contributed by atoms with Gasteiger partial charge in [-0.1, -0.05) is 6.07 Å². The summed E-state index contributed by atoms with van der Waals surface area (Å²) in [5, 5.41) is 6.81. The van der Waals surface area contributed by atoms with Crippen LogP contribution in [-0.2, 0) is 7.05 Å². The number of aryl methyl sites for hydroxylation is 1. The lowest BCUT2D eigenvalue weighted by Gasteiger charge is -1.99. The van der Waals surface area contributed by atoms with Crippen LogP contribution in [0.5, 0.6) is 0 Å². The zero-order valence-electron chi connectivity index (χ0n) is 8.81. The van der Waals surface area contributed by atoms with Gasteiger partial charge in [0.25, 0.3) is 0 Å². The Kier molecular flexibility index (Phi) is 1.73. The fourth-order valence-corrected chi connectivity index (χ4v) is 1.78. The quantitative estimate of drug-likeness (QED) is 0.644. The number of nitrogens with zero attached hydrogens (tertiary/aromatic N) is 3. The van der Waals surface area contributed by atoms with Crippen molar-refractivity contribution < 1.29 is 0 Å². The minimum Gasteiger partial charge on any atom is -0.382 e. The maximum atomic E-state index is 5.58. The zero-order chi connectivity index (χ0) is 11.1. The summed E-state index contributed by atoms with van der Waals surface area (Å²) in [7, 11) is 1.97. The average molecular weight is 213 g/mol. The van der Waals surface area contributed by atoms with Crippen LogP contribution in [0.4, 0.5) is 5.82 Å². The molecule has 80 valence electrons. The molecule has 5 nitrogen and oxygen atoms in total. The minimum atomic E-state index is 0.500. The smallest absolute Gasteiger partial charge is 0.145 e. The summed E-state index contributed by atoms with van der Waals surface area (Å²) in [5.74, 6) is 0.500. The van der Waals surface area contributed by atoms with Crippen LogP contribution in [0, 0.1) is 0 Å². The highest BCUT2D eigenvalue weighted by molar-refractivity contribution is 5.81. The van der Waals surface area contributed by atoms with Gasteiger partial charge in [-0.05, 0) is 12.1 Å². The lowest BCUT2D eigenvalue weighted by molar-refractivity contribution is 0.947. The van der Waals surface area contributed by atoms with E-state index in [9.17, 15) is 0 Å². The number of imidazole rings is 1. The molecule has 0 unspecified atom stereocenters. The third-order valence-electron chi connectivity index (χ3n) is 2.63. The third-order valence-corrected chi connectivity index (χ3v) is 2.63. The van der Waals surface area contributed by atoms with Gasteiger partial charge in [0.1, 0.15) is 5.82 Å². The van der Waals surface area contributed by atoms with Gasteiger partial charge in [-0.3, -0.25) is 5.10 Å². The SMILES string of the molecule is Cn1cnc2ccc(-c3cc(N)n[nH]3)cc21. The van der Waals surface area contributed by atoms with E-state index in [1.165, 1.54) is 0 Å². The molecule has 2 heterocycles. The van der Waals surface area contributed by atoms with Crippen molar-refractivity contribution in [2.24, 2.45) is 7.05 Å². The summed E-state index contributed by atoms with van der Waals surface area (Å²) >= 11 is 0. The molecule has 0 aliphatic carbocycles. The highest BCUT2D eigenvalue weighted by atomic mass is 15.2. The molecule has 3 N–H and O–H groups in total. The molecule has 0 aliphatic heterocycles. The van der Waals surface area contributed by atoms with Gasteiger partial charge in [-0.15, -0.1) is 0 Å². The molecular formula is C11H11N5. The second-order valence-electron chi connectivity index (χ2n) is 3.77. The molecule has 0 bridgehead atoms. The molecule has 2 aromatic heterocycles. The molecule has 5 heteroatoms. The highest BCUT2D eigenvalue weighted by Crippen LogP contribution is 2.22. The van der Waals surface area contributed by atoms with E-state index in [4.69, 9.17) is 5.73 Å². The van der Waals surface area contributed by atoms with Crippen molar-refractivity contribution >= 4 is 16.9 Å². The predicted octanol–water partition coefficient (Wildman–Crippen LogP) is 1.55. The first kappa shape index (κ1) is 8.96. The van der Waals surface area contributed by atoms with E-state index in [-0.39, 0.29) is 0 Å². The number of H-pyrrole nitrogens is 1. The van der Waals surface area contributed by atoms with Crippen molar-refractivity contribution in [2.45, 2.75) is 0 Å². The Morgan fingerprint density at radius 3 is 2.94 bits per heavy atom. The Morgan fingerprint density at radius 2 is 2.19 bits per heavy atom. The van der Waals surface area contributed by atoms with Crippen molar-refractivity contribution in [3.05, 3.63) is 30.6 Å². The number of anilines is 1. The summed E-state index contributed by atoms with van der Waals surface area (Å²) in [4.78, 5) is 4.27. The van der Waals surface area contributed by atoms with Crippen LogP contribution >= 0.6 is 0 Å². The van der Waals surface area contributed by atoms with Crippen LogP contribution in [0.25, 0.3) is 22.3 Å². The number of fused-ring (bicyclic) bond motifs is 1. The van der Waals surface area contributed by atoms with Crippen LogP contribution in [0.15, 0.2) is 30.6 Å². The predicted molar refractivity (Wildman–Crippen MR) is 62.7 cm³/mol. The lowest BCUT2D eigenvalue weighted by atomic mass is 10.1. The van der Waals surface area contributed by atoms with Crippen LogP contribution in [0.2, 0.25) is 0 Å². The van der Waals surface area contributed by atoms with Crippen LogP contribution in [0.1, 0.15) is 0 Å². The van der Waals surface area contributed by atoms with Crippen LogP contribution < -0.4 is 5.73 Å². The summed E-state index contributed by atoms with van der Waals surface area (Å²) < 4.78 is 1.98. The maximum absolute atomic E-state index is 5.58. The van der Waals surface area contributed by atoms with Gasteiger partial charge < -0.3 is 10.3 Å². The number of hydrogen-bond acceptors (Lipinski definition) is 3. The number of benzene rings is 1. The molecule has 16 heavy (non-hydrogen) atoms. The minimum absolute atomic E-state index is 0.500. The normalized spacial score (nSPS) is 11.1. The van der Waals surface area contributed by atoms with Gasteiger partial charge in [0.15, 0.2) is 0 Å². The zero-order valence-corrected chi connectivity index (χ0v) is 8.81. The number of rotatable bonds is 1. The van der Waals surface area contributed by atoms with Gasteiger partial charge in [-0.2, -0.15) is 5.10 Å². The molecule has 0 saturated carbocycles. The molecule has 3 rings (SSSR count). The fourth-order valence-electron chi connectivity index (χ4n) is 1.78. The van der Waals surface area contributed by atoms with E-state index >= 15 is 0 Å². The molecule has 0 radical (unpaired) electrons. The van der Waals surface area contributed by atoms with E-state index in [1.54, 1.807) is 6.33 Å². The van der Waals surface area contributed by atoms with Gasteiger partial charge in [0.2, 0.25) is 0 Å². The third kappa shape index (κ3) is 1.25. The number of nitrogens with one attached hydrogen (secondary N) is 1. The summed E-state index contributed by atoms with van der Waals surface area (Å²) in [6.45, 7) is 0. The first-order chi connectivity index (χ1) is 7.74. The second-order valence-corrected chi connectivity index (χ2v) is 3.77. The Labute approximate surface area is 91.9 Å². The maximum Gasteiger partial charge on any atom is 0.145 e. The second kappa shape index (κ2) is 3.10. The van der Waals surface area contributed by atoms with Crippen molar-refractivity contribution in [3.63, 3.8) is 0 Å². The standard InChI is InChI=1S/C11H11N5/c1-16-6-13-8-3-2-7(4-10(8)16)9-5-11(12)15-14-9/h2-6H,1H3,(H3,12,14,15). The molecule has 0 amide bonds. The first-order valence-corrected chi connectivity index (χ1v) is 4.96. The summed E-state index contributed by atoms with van der Waals surface area (Å²) in [5.41, 5.74) is 9.63. The summed E-state index contributed by atoms with van der Waals surface area (Å²) in [6.07, 6.45) is 1.80. The Hall–Kier alpha value is -2.30. The number of hydrogen-bond donors (Lipinski definition) is 2. The van der Waals surface area contributed by atoms with Crippen molar-refractivity contribution in [1.82, 2.24) is 19.7 Å². The van der Waals surface area contributed by atoms with Crippen molar-refractivity contribution in [1.29, 1.82) is 0 Å². The first-order valence-electron chi connectivity index (χ1n) is 4.96. The van der Waals surface area contributed by atoms with Gasteiger partial charge >= 0.3 is 0 Å². The Bertz CT molecular complexity index is 649. The van der Waals surface area contributed by atoms with Gasteiger partial charge in [0, 0.05) is 18.7 Å². The van der Waals surface area contributed by atoms with E-state index in [0.717, 1.165) is 22.3 Å². The number of nitrogens with two attached hydrogens (primary N) is 1. The number of aromatic amines is 1. The highest BCUT2D eigenvalue weighted by Gasteiger charge is 2.05. The van der Waals surface area contributed by atoms with Crippen molar-refractivity contribution in [3.8, 4) is 11.3 Å². The Balaban J connectivity index is 2.21. The van der Waals surface area contributed by atoms with E-state index < -0.39 is 0 Å². The molecule has 3 aromatic rings. The van der Waals surface area contributed by atoms with E-state index in [0.29, 0.717) is 5.82 Å². The molecular weight excluding hydrogens is 202 g/mol. The lowest BCUT2D eigenvalue weighted by Crippen LogP contribution is -1.85. The molecule has 0 aliphatic rings. The average Bonchev–Trinajstić information content (AvgIpc) is 2.86. The molecule has 0 saturated heterocycles. The summed E-state index contributed by atoms with van der Waals surface area (Å²) in [6, 6.07) is 7.87. The number of aromatic nitrogens is 4. The van der Waals surface area contributed by atoms with Gasteiger partial charge in [-0.25, -0.2) is 4.98 Å². The van der Waals surface area contributed by atoms with Crippen molar-refractivity contribution in [2.75, 3.05) is 5.73 Å². The van der Waals surface area contributed by atoms with Crippen LogP contribution in [0.3, 0.4) is 0 Å². The largest absolute Gasteiger partial charge is 0.382 e. The van der Waals surface area contributed by atoms with E-state index in [1.807, 2.05) is 29.8 Å². The fraction of sp³-hybridized carbons (Fsp3) is 0.0909. The topological polar surface area (TPSA) is 72.5 Å². The van der Waals surface area contributed by atoms with Crippen LogP contribution in [-0.4, -0.2) is 19.7 Å². The Morgan fingerprint density at radius 1 is 1.31 bits per heavy atom.